The lowest BCUT2D eigenvalue weighted by Gasteiger charge is -2.04. The van der Waals surface area contributed by atoms with Gasteiger partial charge in [0.1, 0.15) is 0 Å². The fourth-order valence-electron chi connectivity index (χ4n) is 0.757. The van der Waals surface area contributed by atoms with Crippen LogP contribution in [0.15, 0.2) is 12.2 Å². The molecule has 0 N–H and O–H groups in total. The van der Waals surface area contributed by atoms with Gasteiger partial charge < -0.3 is 0 Å². The predicted octanol–water partition coefficient (Wildman–Crippen LogP) is 8.91. The lowest BCUT2D eigenvalue weighted by atomic mass is 10.0. The van der Waals surface area contributed by atoms with E-state index in [-0.39, 0.29) is 0 Å². The quantitative estimate of drug-likeness (QED) is 0.453. The fraction of sp³-hybridized carbons (Fsp3) is 0.900. The van der Waals surface area contributed by atoms with Crippen molar-refractivity contribution in [3.8, 4) is 0 Å². The Morgan fingerprint density at radius 1 is 0.800 bits per heavy atom. The molecule has 130 valence electrons. The lowest BCUT2D eigenvalue weighted by Crippen LogP contribution is -1.89. The van der Waals surface area contributed by atoms with E-state index in [1.54, 1.807) is 0 Å². The van der Waals surface area contributed by atoms with Crippen molar-refractivity contribution in [2.75, 3.05) is 0 Å². The Bertz CT molecular complexity index is 88.2. The molecule has 0 aromatic heterocycles. The van der Waals surface area contributed by atoms with Crippen LogP contribution >= 0.6 is 0 Å². The van der Waals surface area contributed by atoms with E-state index in [2.05, 4.69) is 27.4 Å². The summed E-state index contributed by atoms with van der Waals surface area (Å²) >= 11 is 0. The normalized spacial score (nSPS) is 8.05. The Hall–Kier alpha value is -0.260. The number of hydrogen-bond acceptors (Lipinski definition) is 0. The van der Waals surface area contributed by atoms with Crippen molar-refractivity contribution in [3.63, 3.8) is 0 Å². The van der Waals surface area contributed by atoms with E-state index >= 15 is 0 Å². The molecule has 20 heavy (non-hydrogen) atoms. The Morgan fingerprint density at radius 3 is 1.20 bits per heavy atom. The van der Waals surface area contributed by atoms with Crippen molar-refractivity contribution in [1.29, 1.82) is 0 Å². The highest BCUT2D eigenvalue weighted by atomic mass is 14.0. The van der Waals surface area contributed by atoms with Crippen LogP contribution in [0.3, 0.4) is 0 Å². The van der Waals surface area contributed by atoms with Gasteiger partial charge in [-0.3, -0.25) is 0 Å². The zero-order chi connectivity index (χ0) is 18.0. The van der Waals surface area contributed by atoms with Crippen LogP contribution in [0.2, 0.25) is 0 Å². The van der Waals surface area contributed by atoms with E-state index in [0.29, 0.717) is 0 Å². The standard InChI is InChI=1S/C8H18.C4H8.4C2H6/c1-4-6-7-8(3)5-2;1-4(2)3;4*1-2/h8H,4-7H2,1-3H3;1H2,2-3H3;4*1-2H3. The molecule has 0 heteroatoms. The van der Waals surface area contributed by atoms with Crippen molar-refractivity contribution < 1.29 is 0 Å². The molecule has 0 aromatic carbocycles. The van der Waals surface area contributed by atoms with Crippen molar-refractivity contribution in [2.45, 2.75) is 116 Å². The molecule has 1 atom stereocenters. The van der Waals surface area contributed by atoms with Gasteiger partial charge in [0.05, 0.1) is 0 Å². The molecule has 0 fully saturated rings. The molecule has 0 aliphatic carbocycles. The monoisotopic (exact) mass is 290 g/mol. The van der Waals surface area contributed by atoms with Gasteiger partial charge in [0, 0.05) is 0 Å². The molecular weight excluding hydrogens is 240 g/mol. The Morgan fingerprint density at radius 2 is 1.05 bits per heavy atom. The third-order valence-electron chi connectivity index (χ3n) is 1.75. The second-order valence-corrected chi connectivity index (χ2v) is 3.86. The number of allylic oxidation sites excluding steroid dienone is 1. The van der Waals surface area contributed by atoms with Gasteiger partial charge in [0.15, 0.2) is 0 Å². The van der Waals surface area contributed by atoms with E-state index in [9.17, 15) is 0 Å². The molecule has 0 rings (SSSR count). The van der Waals surface area contributed by atoms with Gasteiger partial charge in [0.2, 0.25) is 0 Å². The summed E-state index contributed by atoms with van der Waals surface area (Å²) in [6.45, 7) is 30.3. The minimum absolute atomic E-state index is 0.954. The molecular formula is C20H50. The summed E-state index contributed by atoms with van der Waals surface area (Å²) in [5, 5.41) is 0. The van der Waals surface area contributed by atoms with Crippen LogP contribution in [0.4, 0.5) is 0 Å². The molecule has 0 nitrogen and oxygen atoms in total. The number of unbranched alkanes of at least 4 members (excludes halogenated alkanes) is 1. The summed E-state index contributed by atoms with van der Waals surface area (Å²) in [5.41, 5.74) is 1.17. The average Bonchev–Trinajstić information content (AvgIpc) is 2.52. The topological polar surface area (TPSA) is 0 Å². The second-order valence-electron chi connectivity index (χ2n) is 3.86. The summed E-state index contributed by atoms with van der Waals surface area (Å²) in [5.74, 6) is 0.954. The van der Waals surface area contributed by atoms with Crippen LogP contribution in [0.5, 0.6) is 0 Å². The number of hydrogen-bond donors (Lipinski definition) is 0. The van der Waals surface area contributed by atoms with Crippen LogP contribution in [0.1, 0.15) is 116 Å². The Kier molecular flexibility index (Phi) is 114. The van der Waals surface area contributed by atoms with Crippen molar-refractivity contribution >= 4 is 0 Å². The maximum Gasteiger partial charge on any atom is -0.0445 e. The van der Waals surface area contributed by atoms with Crippen LogP contribution in [-0.4, -0.2) is 0 Å². The van der Waals surface area contributed by atoms with Crippen LogP contribution < -0.4 is 0 Å². The molecule has 0 spiro atoms. The van der Waals surface area contributed by atoms with E-state index < -0.39 is 0 Å². The minimum atomic E-state index is 0.954. The summed E-state index contributed by atoms with van der Waals surface area (Å²) in [7, 11) is 0. The fourth-order valence-corrected chi connectivity index (χ4v) is 0.757. The SMILES string of the molecule is C=C(C)C.CC.CC.CC.CC.CCCCC(C)CC. The largest absolute Gasteiger partial charge is 0.100 e. The average molecular weight is 291 g/mol. The summed E-state index contributed by atoms with van der Waals surface area (Å²) in [4.78, 5) is 0. The van der Waals surface area contributed by atoms with Gasteiger partial charge >= 0.3 is 0 Å². The summed E-state index contributed by atoms with van der Waals surface area (Å²) in [6.07, 6.45) is 5.53. The van der Waals surface area contributed by atoms with Gasteiger partial charge in [-0.2, -0.15) is 0 Å². The molecule has 0 saturated heterocycles. The van der Waals surface area contributed by atoms with E-state index in [1.165, 1.54) is 31.3 Å². The van der Waals surface area contributed by atoms with Crippen LogP contribution in [-0.2, 0) is 0 Å². The molecule has 0 heterocycles. The first-order valence-corrected chi connectivity index (χ1v) is 9.16. The first-order valence-electron chi connectivity index (χ1n) is 9.16. The van der Waals surface area contributed by atoms with Crippen LogP contribution in [0.25, 0.3) is 0 Å². The Balaban J connectivity index is -0.0000000348. The smallest absolute Gasteiger partial charge is 0.0445 e. The molecule has 0 amide bonds. The zero-order valence-electron chi connectivity index (χ0n) is 17.6. The van der Waals surface area contributed by atoms with Crippen molar-refractivity contribution in [3.05, 3.63) is 12.2 Å². The van der Waals surface area contributed by atoms with E-state index in [1.807, 2.05) is 69.2 Å². The molecule has 0 aliphatic rings. The molecule has 0 aromatic rings. The maximum atomic E-state index is 3.56. The van der Waals surface area contributed by atoms with Gasteiger partial charge in [-0.15, -0.1) is 6.58 Å². The minimum Gasteiger partial charge on any atom is -0.100 e. The van der Waals surface area contributed by atoms with Crippen molar-refractivity contribution in [2.24, 2.45) is 5.92 Å². The summed E-state index contributed by atoms with van der Waals surface area (Å²) < 4.78 is 0. The molecule has 0 radical (unpaired) electrons. The maximum absolute atomic E-state index is 3.56. The third-order valence-corrected chi connectivity index (χ3v) is 1.75. The highest BCUT2D eigenvalue weighted by molar-refractivity contribution is 4.78. The first kappa shape index (κ1) is 36.7. The van der Waals surface area contributed by atoms with Crippen molar-refractivity contribution in [1.82, 2.24) is 0 Å². The number of rotatable bonds is 4. The first-order chi connectivity index (χ1) is 9.54. The highest BCUT2D eigenvalue weighted by Gasteiger charge is 1.94. The van der Waals surface area contributed by atoms with Crippen LogP contribution in [0, 0.1) is 5.92 Å². The van der Waals surface area contributed by atoms with Gasteiger partial charge in [0.25, 0.3) is 0 Å². The lowest BCUT2D eigenvalue weighted by molar-refractivity contribution is 0.492. The van der Waals surface area contributed by atoms with E-state index in [4.69, 9.17) is 0 Å². The Labute approximate surface area is 134 Å². The second kappa shape index (κ2) is 62.2. The van der Waals surface area contributed by atoms with Gasteiger partial charge in [-0.1, -0.05) is 107 Å². The molecule has 0 aliphatic heterocycles. The van der Waals surface area contributed by atoms with E-state index in [0.717, 1.165) is 5.92 Å². The zero-order valence-corrected chi connectivity index (χ0v) is 17.6. The highest BCUT2D eigenvalue weighted by Crippen LogP contribution is 2.09. The molecule has 1 unspecified atom stereocenters. The van der Waals surface area contributed by atoms with Gasteiger partial charge in [-0.05, 0) is 19.8 Å². The molecule has 0 bridgehead atoms. The predicted molar refractivity (Wildman–Crippen MR) is 105 cm³/mol. The summed E-state index contributed by atoms with van der Waals surface area (Å²) in [6, 6.07) is 0. The third kappa shape index (κ3) is 151. The molecule has 0 saturated carbocycles. The van der Waals surface area contributed by atoms with Gasteiger partial charge in [-0.25, -0.2) is 0 Å².